The van der Waals surface area contributed by atoms with Crippen molar-refractivity contribution in [3.05, 3.63) is 10.6 Å². The summed E-state index contributed by atoms with van der Waals surface area (Å²) in [6, 6.07) is 4.47. The lowest BCUT2D eigenvalue weighted by Crippen LogP contribution is -2.46. The predicted octanol–water partition coefficient (Wildman–Crippen LogP) is 3.87. The Labute approximate surface area is 136 Å². The second kappa shape index (κ2) is 7.70. The van der Waals surface area contributed by atoms with Crippen LogP contribution in [0.15, 0.2) is 10.6 Å². The van der Waals surface area contributed by atoms with E-state index in [-0.39, 0.29) is 5.91 Å². The minimum absolute atomic E-state index is 0.223. The van der Waals surface area contributed by atoms with Gasteiger partial charge in [-0.1, -0.05) is 39.0 Å². The smallest absolute Gasteiger partial charge is 0.243 e. The summed E-state index contributed by atoms with van der Waals surface area (Å²) in [4.78, 5) is 12.3. The van der Waals surface area contributed by atoms with E-state index >= 15 is 0 Å². The first-order chi connectivity index (χ1) is 10.7. The van der Waals surface area contributed by atoms with Crippen LogP contribution in [0.2, 0.25) is 0 Å². The average molecular weight is 317 g/mol. The first-order valence-electron chi connectivity index (χ1n) is 8.17. The van der Waals surface area contributed by atoms with Crippen molar-refractivity contribution in [1.82, 2.24) is 5.32 Å². The maximum atomic E-state index is 12.3. The van der Waals surface area contributed by atoms with Crippen molar-refractivity contribution in [2.45, 2.75) is 58.3 Å². The van der Waals surface area contributed by atoms with Crippen LogP contribution in [0.1, 0.15) is 58.3 Å². The highest BCUT2D eigenvalue weighted by molar-refractivity contribution is 8.03. The van der Waals surface area contributed by atoms with Gasteiger partial charge < -0.3 is 5.32 Å². The summed E-state index contributed by atoms with van der Waals surface area (Å²) in [5, 5.41) is 22.6. The molecule has 118 valence electrons. The first kappa shape index (κ1) is 16.9. The molecule has 4 nitrogen and oxygen atoms in total. The van der Waals surface area contributed by atoms with E-state index in [0.29, 0.717) is 10.6 Å². The minimum Gasteiger partial charge on any atom is -0.319 e. The molecule has 0 saturated heterocycles. The van der Waals surface area contributed by atoms with E-state index in [9.17, 15) is 15.3 Å². The maximum Gasteiger partial charge on any atom is 0.243 e. The number of hydrogen-bond acceptors (Lipinski definition) is 4. The number of thioether (sulfide) groups is 1. The number of carbonyl (C=O) groups excluding carboxylic acids is 1. The highest BCUT2D eigenvalue weighted by atomic mass is 32.2. The van der Waals surface area contributed by atoms with Gasteiger partial charge >= 0.3 is 0 Å². The molecule has 2 aliphatic rings. The van der Waals surface area contributed by atoms with E-state index in [4.69, 9.17) is 0 Å². The Balaban J connectivity index is 2.19. The monoisotopic (exact) mass is 317 g/mol. The molecule has 0 aromatic rings. The third kappa shape index (κ3) is 3.15. The van der Waals surface area contributed by atoms with Crippen LogP contribution in [-0.2, 0) is 4.79 Å². The number of rotatable bonds is 6. The summed E-state index contributed by atoms with van der Waals surface area (Å²) in [6.45, 7) is 2.18. The molecule has 1 fully saturated rings. The zero-order chi connectivity index (χ0) is 16.0. The number of carbonyl (C=O) groups is 1. The van der Waals surface area contributed by atoms with Crippen molar-refractivity contribution in [3.63, 3.8) is 0 Å². The van der Waals surface area contributed by atoms with Crippen LogP contribution in [0, 0.1) is 34.0 Å². The molecular weight excluding hydrogens is 294 g/mol. The zero-order valence-corrected chi connectivity index (χ0v) is 14.0. The summed E-state index contributed by atoms with van der Waals surface area (Å²) in [7, 11) is 0. The normalized spacial score (nSPS) is 23.2. The largest absolute Gasteiger partial charge is 0.319 e. The Hall–Kier alpha value is -1.46. The van der Waals surface area contributed by atoms with Crippen LogP contribution < -0.4 is 5.32 Å². The van der Waals surface area contributed by atoms with Gasteiger partial charge in [-0.25, -0.2) is 0 Å². The van der Waals surface area contributed by atoms with Crippen molar-refractivity contribution < 1.29 is 4.79 Å². The van der Waals surface area contributed by atoms with Gasteiger partial charge in [-0.15, -0.1) is 11.8 Å². The van der Waals surface area contributed by atoms with E-state index in [1.165, 1.54) is 19.3 Å². The number of amides is 1. The van der Waals surface area contributed by atoms with Gasteiger partial charge in [0.05, 0.1) is 22.7 Å². The number of nitriles is 2. The lowest BCUT2D eigenvalue weighted by molar-refractivity contribution is -0.126. The minimum atomic E-state index is -0.714. The van der Waals surface area contributed by atoms with E-state index in [1.54, 1.807) is 11.8 Å². The van der Waals surface area contributed by atoms with Crippen molar-refractivity contribution in [3.8, 4) is 12.1 Å². The van der Waals surface area contributed by atoms with Gasteiger partial charge in [0, 0.05) is 5.41 Å². The van der Waals surface area contributed by atoms with Gasteiger partial charge in [-0.05, 0) is 25.0 Å². The molecule has 0 bridgehead atoms. The Kier molecular flexibility index (Phi) is 5.91. The number of nitrogens with one attached hydrogen (secondary N) is 1. The summed E-state index contributed by atoms with van der Waals surface area (Å²) in [5.74, 6) is -0.0257. The SMILES string of the molecule is CCCCCCSC1=C(C#N)C2(CCCC2)C(C#N)C(=O)N1. The van der Waals surface area contributed by atoms with Crippen molar-refractivity contribution in [2.75, 3.05) is 5.75 Å². The van der Waals surface area contributed by atoms with Crippen LogP contribution in [-0.4, -0.2) is 11.7 Å². The molecule has 1 atom stereocenters. The van der Waals surface area contributed by atoms with Crippen molar-refractivity contribution in [2.24, 2.45) is 11.3 Å². The third-order valence-corrected chi connectivity index (χ3v) is 5.85. The second-order valence-corrected chi connectivity index (χ2v) is 7.24. The van der Waals surface area contributed by atoms with Gasteiger partial charge in [-0.3, -0.25) is 4.79 Å². The van der Waals surface area contributed by atoms with Gasteiger partial charge in [0.15, 0.2) is 0 Å². The van der Waals surface area contributed by atoms with Crippen LogP contribution in [0.25, 0.3) is 0 Å². The molecule has 1 amide bonds. The molecule has 1 saturated carbocycles. The highest BCUT2D eigenvalue weighted by Gasteiger charge is 2.52. The summed E-state index contributed by atoms with van der Waals surface area (Å²) >= 11 is 1.57. The standard InChI is InChI=1S/C17H23N3OS/c1-2-3-4-7-10-22-16-14(12-19)17(8-5-6-9-17)13(11-18)15(21)20-16/h13H,2-10H2,1H3,(H,20,21). The average Bonchev–Trinajstić information content (AvgIpc) is 2.97. The van der Waals surface area contributed by atoms with Gasteiger partial charge in [0.2, 0.25) is 5.91 Å². The Morgan fingerprint density at radius 1 is 1.27 bits per heavy atom. The van der Waals surface area contributed by atoms with Gasteiger partial charge in [0.25, 0.3) is 0 Å². The molecule has 0 radical (unpaired) electrons. The molecule has 1 spiro atoms. The highest BCUT2D eigenvalue weighted by Crippen LogP contribution is 2.53. The molecule has 0 aromatic carbocycles. The van der Waals surface area contributed by atoms with Crippen LogP contribution in [0.5, 0.6) is 0 Å². The fourth-order valence-corrected chi connectivity index (χ4v) is 4.69. The van der Waals surface area contributed by atoms with Crippen LogP contribution >= 0.6 is 11.8 Å². The second-order valence-electron chi connectivity index (χ2n) is 6.14. The first-order valence-corrected chi connectivity index (χ1v) is 9.16. The van der Waals surface area contributed by atoms with E-state index in [1.807, 2.05) is 0 Å². The number of allylic oxidation sites excluding steroid dienone is 1. The lowest BCUT2D eigenvalue weighted by atomic mass is 9.67. The summed E-state index contributed by atoms with van der Waals surface area (Å²) in [6.07, 6.45) is 8.22. The van der Waals surface area contributed by atoms with Crippen molar-refractivity contribution in [1.29, 1.82) is 10.5 Å². The Morgan fingerprint density at radius 3 is 2.59 bits per heavy atom. The van der Waals surface area contributed by atoms with Crippen LogP contribution in [0.3, 0.4) is 0 Å². The maximum absolute atomic E-state index is 12.3. The molecule has 22 heavy (non-hydrogen) atoms. The number of hydrogen-bond donors (Lipinski definition) is 1. The lowest BCUT2D eigenvalue weighted by Gasteiger charge is -2.37. The molecule has 5 heteroatoms. The molecular formula is C17H23N3OS. The molecule has 1 unspecified atom stereocenters. The van der Waals surface area contributed by atoms with Crippen LogP contribution in [0.4, 0.5) is 0 Å². The number of nitrogens with zero attached hydrogens (tertiary/aromatic N) is 2. The molecule has 1 N–H and O–H groups in total. The molecule has 2 rings (SSSR count). The predicted molar refractivity (Wildman–Crippen MR) is 87.4 cm³/mol. The molecule has 1 heterocycles. The fraction of sp³-hybridized carbons (Fsp3) is 0.706. The quantitative estimate of drug-likeness (QED) is 0.754. The van der Waals surface area contributed by atoms with Crippen molar-refractivity contribution >= 4 is 17.7 Å². The third-order valence-electron chi connectivity index (χ3n) is 4.76. The Morgan fingerprint density at radius 2 is 2.00 bits per heavy atom. The molecule has 1 aliphatic carbocycles. The summed E-state index contributed by atoms with van der Waals surface area (Å²) in [5.41, 5.74) is 0.119. The fourth-order valence-electron chi connectivity index (χ4n) is 3.57. The van der Waals surface area contributed by atoms with E-state index in [2.05, 4.69) is 24.4 Å². The van der Waals surface area contributed by atoms with E-state index in [0.717, 1.165) is 37.9 Å². The summed E-state index contributed by atoms with van der Waals surface area (Å²) < 4.78 is 0. The van der Waals surface area contributed by atoms with Gasteiger partial charge in [-0.2, -0.15) is 10.5 Å². The topological polar surface area (TPSA) is 76.7 Å². The number of unbranched alkanes of at least 4 members (excludes halogenated alkanes) is 3. The van der Waals surface area contributed by atoms with E-state index < -0.39 is 11.3 Å². The molecule has 1 aliphatic heterocycles. The zero-order valence-electron chi connectivity index (χ0n) is 13.2. The van der Waals surface area contributed by atoms with Gasteiger partial charge in [0.1, 0.15) is 5.92 Å². The Bertz CT molecular complexity index is 535. The molecule has 0 aromatic heterocycles.